The van der Waals surface area contributed by atoms with E-state index in [0.717, 1.165) is 19.4 Å². The molecule has 86 valence electrons. The lowest BCUT2D eigenvalue weighted by molar-refractivity contribution is 0.0462. The molecule has 2 N–H and O–H groups in total. The molecule has 1 heterocycles. The molecule has 2 rings (SSSR count). The Morgan fingerprint density at radius 1 is 1.50 bits per heavy atom. The van der Waals surface area contributed by atoms with Crippen LogP contribution in [-0.2, 0) is 4.74 Å². The van der Waals surface area contributed by atoms with Crippen molar-refractivity contribution >= 4 is 23.1 Å². The zero-order valence-corrected chi connectivity index (χ0v) is 9.67. The van der Waals surface area contributed by atoms with E-state index >= 15 is 0 Å². The number of ketones is 1. The summed E-state index contributed by atoms with van der Waals surface area (Å²) in [7, 11) is 0. The summed E-state index contributed by atoms with van der Waals surface area (Å²) >= 11 is 5.79. The Morgan fingerprint density at radius 2 is 2.31 bits per heavy atom. The summed E-state index contributed by atoms with van der Waals surface area (Å²) in [5.74, 6) is 0.00564. The van der Waals surface area contributed by atoms with Crippen LogP contribution in [0.4, 0.5) is 5.69 Å². The predicted molar refractivity (Wildman–Crippen MR) is 63.7 cm³/mol. The minimum Gasteiger partial charge on any atom is -0.398 e. The molecule has 1 aliphatic rings. The average molecular weight is 240 g/mol. The van der Waals surface area contributed by atoms with Gasteiger partial charge in [0.2, 0.25) is 0 Å². The number of Topliss-reactive ketones (excluding diaryl/α,β-unsaturated/α-hetero) is 1. The molecule has 1 aromatic carbocycles. The van der Waals surface area contributed by atoms with E-state index in [-0.39, 0.29) is 11.7 Å². The van der Waals surface area contributed by atoms with E-state index in [1.165, 1.54) is 0 Å². The summed E-state index contributed by atoms with van der Waals surface area (Å²) in [4.78, 5) is 12.1. The number of carbonyl (C=O) groups is 1. The molecular formula is C12H14ClNO2. The van der Waals surface area contributed by atoms with Crippen LogP contribution in [0, 0.1) is 5.92 Å². The molecule has 1 fully saturated rings. The van der Waals surface area contributed by atoms with Crippen molar-refractivity contribution in [2.75, 3.05) is 18.9 Å². The van der Waals surface area contributed by atoms with Crippen LogP contribution in [0.3, 0.4) is 0 Å². The van der Waals surface area contributed by atoms with Gasteiger partial charge >= 0.3 is 0 Å². The van der Waals surface area contributed by atoms with Gasteiger partial charge in [-0.1, -0.05) is 11.6 Å². The molecule has 1 saturated heterocycles. The van der Waals surface area contributed by atoms with Crippen LogP contribution in [0.25, 0.3) is 0 Å². The Bertz CT molecular complexity index is 400. The minimum atomic E-state index is -0.0581. The molecule has 0 unspecified atom stereocenters. The summed E-state index contributed by atoms with van der Waals surface area (Å²) in [5.41, 5.74) is 6.79. The highest BCUT2D eigenvalue weighted by Gasteiger charge is 2.24. The molecule has 16 heavy (non-hydrogen) atoms. The first-order chi connectivity index (χ1) is 7.68. The summed E-state index contributed by atoms with van der Waals surface area (Å²) in [5, 5.41) is 0.550. The molecule has 0 radical (unpaired) electrons. The van der Waals surface area contributed by atoms with Crippen molar-refractivity contribution in [3.05, 3.63) is 28.8 Å². The van der Waals surface area contributed by atoms with Gasteiger partial charge in [0.25, 0.3) is 0 Å². The number of hydrogen-bond acceptors (Lipinski definition) is 3. The summed E-state index contributed by atoms with van der Waals surface area (Å²) < 4.78 is 5.30. The van der Waals surface area contributed by atoms with Crippen LogP contribution in [0.5, 0.6) is 0 Å². The number of ether oxygens (including phenoxy) is 1. The minimum absolute atomic E-state index is 0.0581. The normalized spacial score (nSPS) is 20.7. The number of carbonyl (C=O) groups excluding carboxylic acids is 1. The number of hydrogen-bond donors (Lipinski definition) is 1. The standard InChI is InChI=1S/C12H14ClNO2/c13-9-3-4-10(11(14)6-9)12(15)8-2-1-5-16-7-8/h3-4,6,8H,1-2,5,7,14H2/t8-/m0/s1. The van der Waals surface area contributed by atoms with Crippen molar-refractivity contribution in [1.29, 1.82) is 0 Å². The Hall–Kier alpha value is -1.06. The number of anilines is 1. The highest BCUT2D eigenvalue weighted by molar-refractivity contribution is 6.31. The second kappa shape index (κ2) is 4.85. The predicted octanol–water partition coefficient (Wildman–Crippen LogP) is 2.53. The molecule has 0 aliphatic carbocycles. The molecule has 4 heteroatoms. The van der Waals surface area contributed by atoms with Crippen molar-refractivity contribution < 1.29 is 9.53 Å². The Balaban J connectivity index is 2.19. The monoisotopic (exact) mass is 239 g/mol. The van der Waals surface area contributed by atoms with Gasteiger partial charge in [-0.2, -0.15) is 0 Å². The summed E-state index contributed by atoms with van der Waals surface area (Å²) in [6.07, 6.45) is 1.81. The van der Waals surface area contributed by atoms with Crippen molar-refractivity contribution in [3.63, 3.8) is 0 Å². The average Bonchev–Trinajstić information content (AvgIpc) is 2.29. The second-order valence-electron chi connectivity index (χ2n) is 4.01. The van der Waals surface area contributed by atoms with Crippen molar-refractivity contribution in [2.24, 2.45) is 5.92 Å². The molecule has 3 nitrogen and oxygen atoms in total. The van der Waals surface area contributed by atoms with Gasteiger partial charge in [0.1, 0.15) is 0 Å². The second-order valence-corrected chi connectivity index (χ2v) is 4.45. The lowest BCUT2D eigenvalue weighted by Gasteiger charge is -2.21. The molecule has 0 aromatic heterocycles. The summed E-state index contributed by atoms with van der Waals surface area (Å²) in [6.45, 7) is 1.25. The van der Waals surface area contributed by atoms with Crippen LogP contribution < -0.4 is 5.73 Å². The van der Waals surface area contributed by atoms with Gasteiger partial charge < -0.3 is 10.5 Å². The van der Waals surface area contributed by atoms with E-state index in [1.54, 1.807) is 18.2 Å². The smallest absolute Gasteiger partial charge is 0.170 e. The van der Waals surface area contributed by atoms with E-state index < -0.39 is 0 Å². The fourth-order valence-corrected chi connectivity index (χ4v) is 2.11. The molecule has 1 aromatic rings. The SMILES string of the molecule is Nc1cc(Cl)ccc1C(=O)[C@H]1CCCOC1. The van der Waals surface area contributed by atoms with Crippen LogP contribution in [-0.4, -0.2) is 19.0 Å². The Labute approximate surface area is 99.5 Å². The zero-order valence-electron chi connectivity index (χ0n) is 8.91. The lowest BCUT2D eigenvalue weighted by atomic mass is 9.92. The van der Waals surface area contributed by atoms with E-state index in [0.29, 0.717) is 22.9 Å². The third-order valence-corrected chi connectivity index (χ3v) is 3.05. The number of nitrogens with two attached hydrogens (primary N) is 1. The van der Waals surface area contributed by atoms with Gasteiger partial charge in [-0.15, -0.1) is 0 Å². The molecule has 0 amide bonds. The maximum absolute atomic E-state index is 12.1. The third-order valence-electron chi connectivity index (χ3n) is 2.81. The maximum atomic E-state index is 12.1. The molecule has 0 spiro atoms. The fraction of sp³-hybridized carbons (Fsp3) is 0.417. The Kier molecular flexibility index (Phi) is 3.46. The van der Waals surface area contributed by atoms with Gasteiger partial charge in [-0.3, -0.25) is 4.79 Å². The van der Waals surface area contributed by atoms with Crippen molar-refractivity contribution in [3.8, 4) is 0 Å². The molecule has 1 atom stereocenters. The fourth-order valence-electron chi connectivity index (χ4n) is 1.93. The molecular weight excluding hydrogens is 226 g/mol. The first kappa shape index (κ1) is 11.4. The van der Waals surface area contributed by atoms with Crippen LogP contribution >= 0.6 is 11.6 Å². The van der Waals surface area contributed by atoms with E-state index in [9.17, 15) is 4.79 Å². The number of rotatable bonds is 2. The van der Waals surface area contributed by atoms with Gasteiger partial charge in [0.15, 0.2) is 5.78 Å². The van der Waals surface area contributed by atoms with Gasteiger partial charge in [-0.25, -0.2) is 0 Å². The first-order valence-electron chi connectivity index (χ1n) is 5.35. The Morgan fingerprint density at radius 3 is 2.94 bits per heavy atom. The van der Waals surface area contributed by atoms with Gasteiger partial charge in [-0.05, 0) is 31.0 Å². The number of benzene rings is 1. The molecule has 0 bridgehead atoms. The van der Waals surface area contributed by atoms with Crippen LogP contribution in [0.2, 0.25) is 5.02 Å². The highest BCUT2D eigenvalue weighted by Crippen LogP contribution is 2.24. The van der Waals surface area contributed by atoms with E-state index in [2.05, 4.69) is 0 Å². The van der Waals surface area contributed by atoms with Crippen molar-refractivity contribution in [2.45, 2.75) is 12.8 Å². The van der Waals surface area contributed by atoms with Gasteiger partial charge in [0, 0.05) is 28.8 Å². The number of halogens is 1. The lowest BCUT2D eigenvalue weighted by Crippen LogP contribution is -2.25. The largest absolute Gasteiger partial charge is 0.398 e. The van der Waals surface area contributed by atoms with Gasteiger partial charge in [0.05, 0.1) is 6.61 Å². The zero-order chi connectivity index (χ0) is 11.5. The van der Waals surface area contributed by atoms with Crippen molar-refractivity contribution in [1.82, 2.24) is 0 Å². The third kappa shape index (κ3) is 2.36. The van der Waals surface area contributed by atoms with Crippen LogP contribution in [0.15, 0.2) is 18.2 Å². The molecule has 0 saturated carbocycles. The highest BCUT2D eigenvalue weighted by atomic mass is 35.5. The van der Waals surface area contributed by atoms with E-state index in [4.69, 9.17) is 22.1 Å². The molecule has 1 aliphatic heterocycles. The van der Waals surface area contributed by atoms with Crippen LogP contribution in [0.1, 0.15) is 23.2 Å². The maximum Gasteiger partial charge on any atom is 0.170 e. The number of nitrogen functional groups attached to an aromatic ring is 1. The van der Waals surface area contributed by atoms with E-state index in [1.807, 2.05) is 0 Å². The summed E-state index contributed by atoms with van der Waals surface area (Å²) in [6, 6.07) is 4.99. The first-order valence-corrected chi connectivity index (χ1v) is 5.73. The topological polar surface area (TPSA) is 52.3 Å². The quantitative estimate of drug-likeness (QED) is 0.637.